The zero-order chi connectivity index (χ0) is 14.8. The summed E-state index contributed by atoms with van der Waals surface area (Å²) in [7, 11) is 0. The van der Waals surface area contributed by atoms with Crippen LogP contribution in [0.5, 0.6) is 0 Å². The SMILES string of the molecule is NC(=S)Nc1ccccc1.NC(=S)Nc1ccccc1. The van der Waals surface area contributed by atoms with E-state index in [2.05, 4.69) is 35.1 Å². The molecule has 20 heavy (non-hydrogen) atoms. The molecular weight excluding hydrogens is 288 g/mol. The quantitative estimate of drug-likeness (QED) is 0.639. The first-order chi connectivity index (χ1) is 9.58. The van der Waals surface area contributed by atoms with Gasteiger partial charge in [0.2, 0.25) is 0 Å². The maximum atomic E-state index is 5.24. The molecule has 2 rings (SSSR count). The van der Waals surface area contributed by atoms with Crippen LogP contribution in [0.4, 0.5) is 11.4 Å². The minimum Gasteiger partial charge on any atom is -0.376 e. The summed E-state index contributed by atoms with van der Waals surface area (Å²) >= 11 is 9.29. The summed E-state index contributed by atoms with van der Waals surface area (Å²) in [5.41, 5.74) is 12.3. The highest BCUT2D eigenvalue weighted by molar-refractivity contribution is 7.80. The Morgan fingerprint density at radius 3 is 1.20 bits per heavy atom. The van der Waals surface area contributed by atoms with Gasteiger partial charge in [0.25, 0.3) is 0 Å². The van der Waals surface area contributed by atoms with Crippen LogP contribution in [0.1, 0.15) is 0 Å². The molecule has 0 aromatic heterocycles. The van der Waals surface area contributed by atoms with E-state index in [1.54, 1.807) is 0 Å². The first-order valence-corrected chi connectivity index (χ1v) is 6.62. The molecule has 0 fully saturated rings. The van der Waals surface area contributed by atoms with Crippen molar-refractivity contribution in [1.29, 1.82) is 0 Å². The Bertz CT molecular complexity index is 492. The molecule has 2 aromatic rings. The average molecular weight is 304 g/mol. The van der Waals surface area contributed by atoms with Crippen molar-refractivity contribution in [3.05, 3.63) is 60.7 Å². The van der Waals surface area contributed by atoms with E-state index >= 15 is 0 Å². The highest BCUT2D eigenvalue weighted by Crippen LogP contribution is 2.03. The fourth-order valence-corrected chi connectivity index (χ4v) is 1.56. The molecule has 0 radical (unpaired) electrons. The third kappa shape index (κ3) is 7.30. The Balaban J connectivity index is 0.000000200. The molecule has 0 unspecified atom stereocenters. The molecule has 0 amide bonds. The molecule has 6 heteroatoms. The van der Waals surface area contributed by atoms with E-state index in [1.165, 1.54) is 0 Å². The second-order valence-corrected chi connectivity index (χ2v) is 4.59. The normalized spacial score (nSPS) is 8.80. The largest absolute Gasteiger partial charge is 0.376 e. The Kier molecular flexibility index (Phi) is 7.02. The maximum absolute atomic E-state index is 5.24. The predicted octanol–water partition coefficient (Wildman–Crippen LogP) is 2.68. The Morgan fingerprint density at radius 2 is 0.950 bits per heavy atom. The van der Waals surface area contributed by atoms with Crippen molar-refractivity contribution < 1.29 is 0 Å². The Hall–Kier alpha value is -2.18. The summed E-state index contributed by atoms with van der Waals surface area (Å²) in [6.07, 6.45) is 0. The number of anilines is 2. The van der Waals surface area contributed by atoms with E-state index in [0.29, 0.717) is 10.2 Å². The number of nitrogens with one attached hydrogen (secondary N) is 2. The molecule has 0 heterocycles. The van der Waals surface area contributed by atoms with Crippen LogP contribution in [0, 0.1) is 0 Å². The number of rotatable bonds is 2. The van der Waals surface area contributed by atoms with Gasteiger partial charge in [0.05, 0.1) is 0 Å². The zero-order valence-corrected chi connectivity index (χ0v) is 12.4. The van der Waals surface area contributed by atoms with Crippen LogP contribution in [0.3, 0.4) is 0 Å². The van der Waals surface area contributed by atoms with E-state index in [-0.39, 0.29) is 0 Å². The van der Waals surface area contributed by atoms with Gasteiger partial charge in [-0.2, -0.15) is 0 Å². The van der Waals surface area contributed by atoms with Crippen LogP contribution in [0.15, 0.2) is 60.7 Å². The molecule has 0 aliphatic carbocycles. The van der Waals surface area contributed by atoms with Gasteiger partial charge in [0.15, 0.2) is 10.2 Å². The molecular formula is C14H16N4S2. The van der Waals surface area contributed by atoms with Gasteiger partial charge in [-0.05, 0) is 48.7 Å². The summed E-state index contributed by atoms with van der Waals surface area (Å²) in [6.45, 7) is 0. The van der Waals surface area contributed by atoms with Gasteiger partial charge in [-0.15, -0.1) is 0 Å². The molecule has 4 nitrogen and oxygen atoms in total. The number of thiocarbonyl (C=S) groups is 2. The lowest BCUT2D eigenvalue weighted by atomic mass is 10.3. The lowest BCUT2D eigenvalue weighted by molar-refractivity contribution is 1.61. The number of hydrogen-bond donors (Lipinski definition) is 4. The first kappa shape index (κ1) is 15.9. The molecule has 0 bridgehead atoms. The van der Waals surface area contributed by atoms with Crippen molar-refractivity contribution in [1.82, 2.24) is 0 Å². The fraction of sp³-hybridized carbons (Fsp3) is 0. The molecule has 0 saturated heterocycles. The van der Waals surface area contributed by atoms with Crippen LogP contribution >= 0.6 is 24.4 Å². The Morgan fingerprint density at radius 1 is 0.650 bits per heavy atom. The van der Waals surface area contributed by atoms with Crippen LogP contribution in [0.25, 0.3) is 0 Å². The van der Waals surface area contributed by atoms with Gasteiger partial charge in [0.1, 0.15) is 0 Å². The van der Waals surface area contributed by atoms with E-state index in [1.807, 2.05) is 60.7 Å². The molecule has 0 atom stereocenters. The van der Waals surface area contributed by atoms with Gasteiger partial charge < -0.3 is 22.1 Å². The van der Waals surface area contributed by atoms with E-state index in [4.69, 9.17) is 11.5 Å². The average Bonchev–Trinajstić information content (AvgIpc) is 2.40. The molecule has 2 aromatic carbocycles. The monoisotopic (exact) mass is 304 g/mol. The van der Waals surface area contributed by atoms with Gasteiger partial charge in [-0.3, -0.25) is 0 Å². The molecule has 6 N–H and O–H groups in total. The van der Waals surface area contributed by atoms with E-state index in [0.717, 1.165) is 11.4 Å². The second-order valence-electron chi connectivity index (χ2n) is 3.71. The maximum Gasteiger partial charge on any atom is 0.168 e. The molecule has 0 spiro atoms. The number of nitrogens with two attached hydrogens (primary N) is 2. The van der Waals surface area contributed by atoms with Crippen molar-refractivity contribution in [2.45, 2.75) is 0 Å². The zero-order valence-electron chi connectivity index (χ0n) is 10.7. The number of benzene rings is 2. The fourth-order valence-electron chi connectivity index (χ4n) is 1.33. The third-order valence-electron chi connectivity index (χ3n) is 2.08. The van der Waals surface area contributed by atoms with E-state index in [9.17, 15) is 0 Å². The van der Waals surface area contributed by atoms with Crippen molar-refractivity contribution >= 4 is 46.0 Å². The van der Waals surface area contributed by atoms with Crippen LogP contribution in [0.2, 0.25) is 0 Å². The van der Waals surface area contributed by atoms with Gasteiger partial charge in [-0.25, -0.2) is 0 Å². The topological polar surface area (TPSA) is 76.1 Å². The first-order valence-electron chi connectivity index (χ1n) is 5.81. The molecule has 0 aliphatic rings. The number of hydrogen-bond acceptors (Lipinski definition) is 2. The minimum absolute atomic E-state index is 0.297. The van der Waals surface area contributed by atoms with Crippen LogP contribution in [-0.2, 0) is 0 Å². The van der Waals surface area contributed by atoms with Gasteiger partial charge in [-0.1, -0.05) is 36.4 Å². The second kappa shape index (κ2) is 8.84. The highest BCUT2D eigenvalue weighted by atomic mass is 32.1. The smallest absolute Gasteiger partial charge is 0.168 e. The molecule has 0 aliphatic heterocycles. The van der Waals surface area contributed by atoms with E-state index < -0.39 is 0 Å². The summed E-state index contributed by atoms with van der Waals surface area (Å²) in [5, 5.41) is 6.22. The summed E-state index contributed by atoms with van der Waals surface area (Å²) in [4.78, 5) is 0. The third-order valence-corrected chi connectivity index (χ3v) is 2.29. The van der Waals surface area contributed by atoms with Crippen molar-refractivity contribution in [2.75, 3.05) is 10.6 Å². The molecule has 0 saturated carbocycles. The Labute approximate surface area is 129 Å². The van der Waals surface area contributed by atoms with Gasteiger partial charge in [0, 0.05) is 11.4 Å². The number of para-hydroxylation sites is 2. The van der Waals surface area contributed by atoms with Crippen molar-refractivity contribution in [3.63, 3.8) is 0 Å². The summed E-state index contributed by atoms with van der Waals surface area (Å²) in [5.74, 6) is 0. The summed E-state index contributed by atoms with van der Waals surface area (Å²) < 4.78 is 0. The standard InChI is InChI=1S/2C7H8N2S/c2*8-7(10)9-6-4-2-1-3-5-6/h2*1-5H,(H3,8,9,10). The van der Waals surface area contributed by atoms with Crippen LogP contribution in [-0.4, -0.2) is 10.2 Å². The van der Waals surface area contributed by atoms with Crippen LogP contribution < -0.4 is 22.1 Å². The van der Waals surface area contributed by atoms with Gasteiger partial charge >= 0.3 is 0 Å². The van der Waals surface area contributed by atoms with Crippen molar-refractivity contribution in [3.8, 4) is 0 Å². The molecule has 104 valence electrons. The lowest BCUT2D eigenvalue weighted by Gasteiger charge is -2.00. The predicted molar refractivity (Wildman–Crippen MR) is 93.7 cm³/mol. The summed E-state index contributed by atoms with van der Waals surface area (Å²) in [6, 6.07) is 19.1. The minimum atomic E-state index is 0.297. The van der Waals surface area contributed by atoms with Crippen molar-refractivity contribution in [2.24, 2.45) is 11.5 Å². The highest BCUT2D eigenvalue weighted by Gasteiger charge is 1.88. The lowest BCUT2D eigenvalue weighted by Crippen LogP contribution is -2.18.